The van der Waals surface area contributed by atoms with Crippen molar-refractivity contribution in [2.24, 2.45) is 0 Å². The monoisotopic (exact) mass is 165 g/mol. The third kappa shape index (κ3) is 3.51. The summed E-state index contributed by atoms with van der Waals surface area (Å²) in [5, 5.41) is 0. The molecule has 1 aromatic heterocycles. The van der Waals surface area contributed by atoms with Crippen LogP contribution in [0.3, 0.4) is 0 Å². The summed E-state index contributed by atoms with van der Waals surface area (Å²) in [7, 11) is 0. The first-order valence-electron chi connectivity index (χ1n) is 4.74. The number of nitrogens with zero attached hydrogens (tertiary/aromatic N) is 1. The summed E-state index contributed by atoms with van der Waals surface area (Å²) in [6, 6.07) is 4.11. The molecule has 1 heteroatoms. The molecule has 0 aliphatic rings. The van der Waals surface area contributed by atoms with Gasteiger partial charge in [-0.3, -0.25) is 4.98 Å². The maximum Gasteiger partial charge on any atom is 0.0302 e. The quantitative estimate of drug-likeness (QED) is 0.652. The van der Waals surface area contributed by atoms with Crippen LogP contribution in [0.25, 0.3) is 0 Å². The Bertz CT molecular complexity index is 181. The standard InChI is InChI=1S/C9H13N.C2H6/c1-3-8(2)9-5-4-6-10-7-9;1-2/h4-8H,3H2,1-2H3;1-2H3. The highest BCUT2D eigenvalue weighted by Gasteiger charge is 1.99. The Labute approximate surface area is 75.8 Å². The molecule has 0 N–H and O–H groups in total. The van der Waals surface area contributed by atoms with E-state index in [0.717, 1.165) is 0 Å². The Kier molecular flexibility index (Phi) is 6.35. The van der Waals surface area contributed by atoms with Crippen molar-refractivity contribution < 1.29 is 0 Å². The molecule has 0 aliphatic carbocycles. The minimum absolute atomic E-state index is 0.647. The van der Waals surface area contributed by atoms with Crippen LogP contribution in [0.1, 0.15) is 45.6 Å². The van der Waals surface area contributed by atoms with Crippen molar-refractivity contribution in [2.45, 2.75) is 40.0 Å². The topological polar surface area (TPSA) is 12.9 Å². The third-order valence-corrected chi connectivity index (χ3v) is 1.87. The highest BCUT2D eigenvalue weighted by atomic mass is 14.6. The molecular weight excluding hydrogens is 146 g/mol. The van der Waals surface area contributed by atoms with Gasteiger partial charge in [0.15, 0.2) is 0 Å². The fourth-order valence-electron chi connectivity index (χ4n) is 0.903. The van der Waals surface area contributed by atoms with E-state index in [-0.39, 0.29) is 0 Å². The van der Waals surface area contributed by atoms with Gasteiger partial charge in [0, 0.05) is 12.4 Å². The highest BCUT2D eigenvalue weighted by molar-refractivity contribution is 5.12. The van der Waals surface area contributed by atoms with Gasteiger partial charge in [0.1, 0.15) is 0 Å². The molecule has 0 amide bonds. The third-order valence-electron chi connectivity index (χ3n) is 1.87. The van der Waals surface area contributed by atoms with Gasteiger partial charge in [-0.05, 0) is 24.0 Å². The van der Waals surface area contributed by atoms with Crippen molar-refractivity contribution >= 4 is 0 Å². The van der Waals surface area contributed by atoms with Crippen LogP contribution in [0.15, 0.2) is 24.5 Å². The second-order valence-corrected chi connectivity index (χ2v) is 2.60. The maximum atomic E-state index is 4.05. The SMILES string of the molecule is CC.CCC(C)c1cccnc1. The molecule has 1 aromatic rings. The summed E-state index contributed by atoms with van der Waals surface area (Å²) in [5.74, 6) is 0.647. The smallest absolute Gasteiger partial charge is 0.0302 e. The van der Waals surface area contributed by atoms with E-state index in [0.29, 0.717) is 5.92 Å². The van der Waals surface area contributed by atoms with Crippen molar-refractivity contribution in [1.29, 1.82) is 0 Å². The van der Waals surface area contributed by atoms with Gasteiger partial charge < -0.3 is 0 Å². The molecule has 1 atom stereocenters. The average molecular weight is 165 g/mol. The number of aromatic nitrogens is 1. The lowest BCUT2D eigenvalue weighted by atomic mass is 10.0. The van der Waals surface area contributed by atoms with Crippen molar-refractivity contribution in [1.82, 2.24) is 4.98 Å². The minimum Gasteiger partial charge on any atom is -0.264 e. The fourth-order valence-corrected chi connectivity index (χ4v) is 0.903. The van der Waals surface area contributed by atoms with E-state index in [1.807, 2.05) is 32.3 Å². The molecule has 0 bridgehead atoms. The van der Waals surface area contributed by atoms with Crippen molar-refractivity contribution in [3.05, 3.63) is 30.1 Å². The van der Waals surface area contributed by atoms with Crippen molar-refractivity contribution in [3.63, 3.8) is 0 Å². The Balaban J connectivity index is 0.000000561. The second-order valence-electron chi connectivity index (χ2n) is 2.60. The molecule has 1 heterocycles. The predicted octanol–water partition coefficient (Wildman–Crippen LogP) is 3.62. The zero-order chi connectivity index (χ0) is 9.40. The van der Waals surface area contributed by atoms with Crippen LogP contribution in [-0.4, -0.2) is 4.98 Å². The van der Waals surface area contributed by atoms with Crippen LogP contribution >= 0.6 is 0 Å². The summed E-state index contributed by atoms with van der Waals surface area (Å²) in [6.45, 7) is 8.41. The van der Waals surface area contributed by atoms with E-state index in [9.17, 15) is 0 Å². The molecule has 0 radical (unpaired) electrons. The van der Waals surface area contributed by atoms with Gasteiger partial charge in [-0.2, -0.15) is 0 Å². The number of hydrogen-bond donors (Lipinski definition) is 0. The van der Waals surface area contributed by atoms with Gasteiger partial charge in [0.05, 0.1) is 0 Å². The van der Waals surface area contributed by atoms with Crippen LogP contribution in [-0.2, 0) is 0 Å². The van der Waals surface area contributed by atoms with Crippen LogP contribution < -0.4 is 0 Å². The van der Waals surface area contributed by atoms with Crippen LogP contribution in [0.2, 0.25) is 0 Å². The molecule has 68 valence electrons. The summed E-state index contributed by atoms with van der Waals surface area (Å²) in [4.78, 5) is 4.05. The molecule has 0 spiro atoms. The van der Waals surface area contributed by atoms with Gasteiger partial charge in [-0.1, -0.05) is 33.8 Å². The van der Waals surface area contributed by atoms with E-state index >= 15 is 0 Å². The Hall–Kier alpha value is -0.850. The molecule has 1 nitrogen and oxygen atoms in total. The Morgan fingerprint density at radius 1 is 1.42 bits per heavy atom. The lowest BCUT2D eigenvalue weighted by Crippen LogP contribution is -1.90. The lowest BCUT2D eigenvalue weighted by molar-refractivity contribution is 0.729. The molecule has 0 aliphatic heterocycles. The largest absolute Gasteiger partial charge is 0.264 e. The molecular formula is C11H19N. The zero-order valence-corrected chi connectivity index (χ0v) is 8.54. The summed E-state index contributed by atoms with van der Waals surface area (Å²) in [5.41, 5.74) is 1.34. The zero-order valence-electron chi connectivity index (χ0n) is 8.54. The van der Waals surface area contributed by atoms with E-state index in [1.54, 1.807) is 0 Å². The van der Waals surface area contributed by atoms with Gasteiger partial charge in [-0.25, -0.2) is 0 Å². The van der Waals surface area contributed by atoms with Gasteiger partial charge >= 0.3 is 0 Å². The van der Waals surface area contributed by atoms with Gasteiger partial charge in [-0.15, -0.1) is 0 Å². The number of rotatable bonds is 2. The van der Waals surface area contributed by atoms with Gasteiger partial charge in [0.25, 0.3) is 0 Å². The first-order valence-corrected chi connectivity index (χ1v) is 4.74. The Morgan fingerprint density at radius 3 is 2.50 bits per heavy atom. The summed E-state index contributed by atoms with van der Waals surface area (Å²) >= 11 is 0. The predicted molar refractivity (Wildman–Crippen MR) is 54.3 cm³/mol. The number of pyridine rings is 1. The molecule has 0 aromatic carbocycles. The minimum atomic E-state index is 0.647. The van der Waals surface area contributed by atoms with E-state index in [2.05, 4.69) is 24.9 Å². The summed E-state index contributed by atoms with van der Waals surface area (Å²) in [6.07, 6.45) is 4.94. The average Bonchev–Trinajstić information content (AvgIpc) is 2.21. The maximum absolute atomic E-state index is 4.05. The van der Waals surface area contributed by atoms with Crippen LogP contribution in [0, 0.1) is 0 Å². The molecule has 1 rings (SSSR count). The van der Waals surface area contributed by atoms with E-state index < -0.39 is 0 Å². The first kappa shape index (κ1) is 11.2. The lowest BCUT2D eigenvalue weighted by Gasteiger charge is -2.05. The summed E-state index contributed by atoms with van der Waals surface area (Å²) < 4.78 is 0. The first-order chi connectivity index (χ1) is 5.84. The van der Waals surface area contributed by atoms with E-state index in [1.165, 1.54) is 12.0 Å². The molecule has 1 unspecified atom stereocenters. The van der Waals surface area contributed by atoms with Gasteiger partial charge in [0.2, 0.25) is 0 Å². The van der Waals surface area contributed by atoms with E-state index in [4.69, 9.17) is 0 Å². The molecule has 12 heavy (non-hydrogen) atoms. The van der Waals surface area contributed by atoms with Crippen LogP contribution in [0.4, 0.5) is 0 Å². The molecule has 0 saturated heterocycles. The Morgan fingerprint density at radius 2 is 2.08 bits per heavy atom. The van der Waals surface area contributed by atoms with Crippen molar-refractivity contribution in [3.8, 4) is 0 Å². The molecule has 0 saturated carbocycles. The van der Waals surface area contributed by atoms with Crippen LogP contribution in [0.5, 0.6) is 0 Å². The second kappa shape index (κ2) is 6.84. The normalized spacial score (nSPS) is 11.3. The number of hydrogen-bond acceptors (Lipinski definition) is 1. The highest BCUT2D eigenvalue weighted by Crippen LogP contribution is 2.15. The molecule has 0 fully saturated rings. The van der Waals surface area contributed by atoms with Crippen molar-refractivity contribution in [2.75, 3.05) is 0 Å². The fraction of sp³-hybridized carbons (Fsp3) is 0.545.